The van der Waals surface area contributed by atoms with Gasteiger partial charge in [-0.3, -0.25) is 4.68 Å². The Labute approximate surface area is 147 Å². The molecule has 2 aromatic heterocycles. The van der Waals surface area contributed by atoms with Crippen LogP contribution in [-0.4, -0.2) is 24.7 Å². The van der Waals surface area contributed by atoms with Crippen molar-refractivity contribution in [2.24, 2.45) is 12.8 Å². The van der Waals surface area contributed by atoms with Gasteiger partial charge in [-0.2, -0.15) is 10.1 Å². The van der Waals surface area contributed by atoms with Gasteiger partial charge in [0.25, 0.3) is 6.43 Å². The molecule has 0 spiro atoms. The SMILES string of the molecule is CC(N)c1ccc(-c2ncnc(Nc3ccn(C)n3)n2)c(F)c1C(F)F. The van der Waals surface area contributed by atoms with Crippen LogP contribution in [0.15, 0.2) is 30.7 Å². The highest BCUT2D eigenvalue weighted by Gasteiger charge is 2.24. The molecule has 3 rings (SSSR count). The van der Waals surface area contributed by atoms with E-state index in [1.165, 1.54) is 19.1 Å². The summed E-state index contributed by atoms with van der Waals surface area (Å²) in [6.07, 6.45) is -0.135. The smallest absolute Gasteiger partial charge is 0.267 e. The molecule has 0 amide bonds. The summed E-state index contributed by atoms with van der Waals surface area (Å²) < 4.78 is 43.0. The normalized spacial score (nSPS) is 12.4. The third-order valence-corrected chi connectivity index (χ3v) is 3.69. The third kappa shape index (κ3) is 3.49. The lowest BCUT2D eigenvalue weighted by Gasteiger charge is -2.15. The van der Waals surface area contributed by atoms with Crippen molar-refractivity contribution in [2.75, 3.05) is 5.32 Å². The molecule has 136 valence electrons. The molecule has 0 aliphatic rings. The van der Waals surface area contributed by atoms with Gasteiger partial charge in [0.15, 0.2) is 11.6 Å². The zero-order valence-electron chi connectivity index (χ0n) is 14.0. The molecule has 26 heavy (non-hydrogen) atoms. The maximum atomic E-state index is 14.7. The summed E-state index contributed by atoms with van der Waals surface area (Å²) in [4.78, 5) is 11.9. The van der Waals surface area contributed by atoms with Crippen LogP contribution in [0.25, 0.3) is 11.4 Å². The molecule has 1 aromatic carbocycles. The highest BCUT2D eigenvalue weighted by Crippen LogP contribution is 2.34. The summed E-state index contributed by atoms with van der Waals surface area (Å²) >= 11 is 0. The average molecular weight is 363 g/mol. The molecule has 7 nitrogen and oxygen atoms in total. The molecule has 0 radical (unpaired) electrons. The van der Waals surface area contributed by atoms with Crippen LogP contribution in [0.4, 0.5) is 24.9 Å². The lowest BCUT2D eigenvalue weighted by atomic mass is 9.98. The maximum absolute atomic E-state index is 14.7. The van der Waals surface area contributed by atoms with Gasteiger partial charge in [-0.15, -0.1) is 0 Å². The van der Waals surface area contributed by atoms with Gasteiger partial charge in [-0.05, 0) is 18.6 Å². The van der Waals surface area contributed by atoms with Crippen molar-refractivity contribution in [3.63, 3.8) is 0 Å². The molecule has 0 aliphatic carbocycles. The van der Waals surface area contributed by atoms with Crippen molar-refractivity contribution in [1.82, 2.24) is 24.7 Å². The van der Waals surface area contributed by atoms with Crippen molar-refractivity contribution >= 4 is 11.8 Å². The summed E-state index contributed by atoms with van der Waals surface area (Å²) in [7, 11) is 1.74. The molecule has 0 saturated heterocycles. The minimum absolute atomic E-state index is 0.0436. The third-order valence-electron chi connectivity index (χ3n) is 3.69. The van der Waals surface area contributed by atoms with Gasteiger partial charge < -0.3 is 11.1 Å². The molecule has 2 heterocycles. The first-order chi connectivity index (χ1) is 12.4. The quantitative estimate of drug-likeness (QED) is 0.723. The molecule has 0 bridgehead atoms. The summed E-state index contributed by atoms with van der Waals surface area (Å²) in [5, 5.41) is 6.95. The first kappa shape index (κ1) is 17.8. The Morgan fingerprint density at radius 3 is 2.58 bits per heavy atom. The lowest BCUT2D eigenvalue weighted by Crippen LogP contribution is -2.11. The number of nitrogens with two attached hydrogens (primary N) is 1. The average Bonchev–Trinajstić information content (AvgIpc) is 2.99. The zero-order chi connectivity index (χ0) is 18.8. The number of alkyl halides is 2. The van der Waals surface area contributed by atoms with Crippen molar-refractivity contribution in [3.05, 3.63) is 47.7 Å². The van der Waals surface area contributed by atoms with E-state index in [2.05, 4.69) is 25.4 Å². The standard InChI is InChI=1S/C16H16F3N7/c1-8(20)9-3-4-10(13(17)12(9)14(18)19)15-21-7-22-16(24-15)23-11-5-6-26(2)25-11/h3-8,14H,20H2,1-2H3,(H,21,22,23,24,25). The molecule has 3 aromatic rings. The summed E-state index contributed by atoms with van der Waals surface area (Å²) in [6, 6.07) is 3.65. The number of nitrogens with one attached hydrogen (secondary N) is 1. The molecule has 0 fully saturated rings. The number of aromatic nitrogens is 5. The second kappa shape index (κ2) is 7.08. The second-order valence-electron chi connectivity index (χ2n) is 5.65. The first-order valence-corrected chi connectivity index (χ1v) is 7.69. The minimum atomic E-state index is -3.01. The maximum Gasteiger partial charge on any atom is 0.267 e. The summed E-state index contributed by atoms with van der Waals surface area (Å²) in [5.41, 5.74) is 4.81. The van der Waals surface area contributed by atoms with Gasteiger partial charge in [0.05, 0.1) is 11.1 Å². The molecular weight excluding hydrogens is 347 g/mol. The Balaban J connectivity index is 2.01. The molecule has 1 unspecified atom stereocenters. The van der Waals surface area contributed by atoms with E-state index in [9.17, 15) is 13.2 Å². The second-order valence-corrected chi connectivity index (χ2v) is 5.65. The Bertz CT molecular complexity index is 924. The van der Waals surface area contributed by atoms with Crippen LogP contribution < -0.4 is 11.1 Å². The molecule has 0 saturated carbocycles. The van der Waals surface area contributed by atoms with E-state index >= 15 is 0 Å². The topological polar surface area (TPSA) is 94.5 Å². The number of rotatable bonds is 5. The van der Waals surface area contributed by atoms with E-state index in [0.717, 1.165) is 6.33 Å². The number of anilines is 2. The van der Waals surface area contributed by atoms with E-state index in [1.54, 1.807) is 24.0 Å². The van der Waals surface area contributed by atoms with Crippen molar-refractivity contribution in [3.8, 4) is 11.4 Å². The van der Waals surface area contributed by atoms with Crippen molar-refractivity contribution < 1.29 is 13.2 Å². The summed E-state index contributed by atoms with van der Waals surface area (Å²) in [6.45, 7) is 1.51. The number of hydrogen-bond acceptors (Lipinski definition) is 6. The van der Waals surface area contributed by atoms with Crippen LogP contribution in [0.5, 0.6) is 0 Å². The zero-order valence-corrected chi connectivity index (χ0v) is 14.0. The molecular formula is C16H16F3N7. The Hall–Kier alpha value is -3.01. The Morgan fingerprint density at radius 2 is 1.96 bits per heavy atom. The van der Waals surface area contributed by atoms with Crippen LogP contribution in [-0.2, 0) is 7.05 Å². The van der Waals surface area contributed by atoms with Crippen LogP contribution >= 0.6 is 0 Å². The van der Waals surface area contributed by atoms with E-state index in [1.807, 2.05) is 0 Å². The largest absolute Gasteiger partial charge is 0.324 e. The summed E-state index contributed by atoms with van der Waals surface area (Å²) in [5.74, 6) is -0.576. The van der Waals surface area contributed by atoms with E-state index in [-0.39, 0.29) is 22.9 Å². The minimum Gasteiger partial charge on any atom is -0.324 e. The van der Waals surface area contributed by atoms with Gasteiger partial charge in [-0.25, -0.2) is 23.1 Å². The highest BCUT2D eigenvalue weighted by molar-refractivity contribution is 5.61. The molecule has 10 heteroatoms. The molecule has 3 N–H and O–H groups in total. The predicted molar refractivity (Wildman–Crippen MR) is 89.3 cm³/mol. The van der Waals surface area contributed by atoms with Crippen molar-refractivity contribution in [1.29, 1.82) is 0 Å². The van der Waals surface area contributed by atoms with Crippen LogP contribution in [0.1, 0.15) is 30.5 Å². The number of halogens is 3. The number of benzene rings is 1. The van der Waals surface area contributed by atoms with Crippen molar-refractivity contribution in [2.45, 2.75) is 19.4 Å². The Kier molecular flexibility index (Phi) is 4.85. The monoisotopic (exact) mass is 363 g/mol. The fraction of sp³-hybridized carbons (Fsp3) is 0.250. The number of aryl methyl sites for hydroxylation is 1. The fourth-order valence-electron chi connectivity index (χ4n) is 2.48. The van der Waals surface area contributed by atoms with Gasteiger partial charge in [-0.1, -0.05) is 6.07 Å². The fourth-order valence-corrected chi connectivity index (χ4v) is 2.48. The predicted octanol–water partition coefficient (Wildman–Crippen LogP) is 3.11. The number of nitrogens with zero attached hydrogens (tertiary/aromatic N) is 5. The van der Waals surface area contributed by atoms with Crippen LogP contribution in [0.3, 0.4) is 0 Å². The highest BCUT2D eigenvalue weighted by atomic mass is 19.3. The van der Waals surface area contributed by atoms with E-state index in [0.29, 0.717) is 5.82 Å². The van der Waals surface area contributed by atoms with E-state index < -0.39 is 23.8 Å². The van der Waals surface area contributed by atoms with Gasteiger partial charge in [0.2, 0.25) is 5.95 Å². The first-order valence-electron chi connectivity index (χ1n) is 7.69. The van der Waals surface area contributed by atoms with E-state index in [4.69, 9.17) is 5.73 Å². The van der Waals surface area contributed by atoms with Crippen LogP contribution in [0.2, 0.25) is 0 Å². The van der Waals surface area contributed by atoms with Crippen LogP contribution in [0, 0.1) is 5.82 Å². The molecule has 1 atom stereocenters. The van der Waals surface area contributed by atoms with Gasteiger partial charge in [0.1, 0.15) is 12.1 Å². The lowest BCUT2D eigenvalue weighted by molar-refractivity contribution is 0.144. The number of hydrogen-bond donors (Lipinski definition) is 2. The van der Waals surface area contributed by atoms with Gasteiger partial charge in [0, 0.05) is 25.4 Å². The Morgan fingerprint density at radius 1 is 1.19 bits per heavy atom. The van der Waals surface area contributed by atoms with Gasteiger partial charge >= 0.3 is 0 Å². The molecule has 0 aliphatic heterocycles.